The van der Waals surface area contributed by atoms with Gasteiger partial charge in [0.15, 0.2) is 5.96 Å². The molecule has 6 heteroatoms. The van der Waals surface area contributed by atoms with Crippen LogP contribution in [0.25, 0.3) is 0 Å². The number of rotatable bonds is 8. The number of amides is 1. The molecule has 0 spiro atoms. The van der Waals surface area contributed by atoms with E-state index in [9.17, 15) is 4.79 Å². The number of benzene rings is 2. The number of primary amides is 1. The maximum absolute atomic E-state index is 11.3. The molecular formula is C21H28N4O2. The van der Waals surface area contributed by atoms with Gasteiger partial charge in [-0.1, -0.05) is 31.2 Å². The van der Waals surface area contributed by atoms with Gasteiger partial charge in [0.1, 0.15) is 5.75 Å². The van der Waals surface area contributed by atoms with Crippen molar-refractivity contribution >= 4 is 11.9 Å². The van der Waals surface area contributed by atoms with Crippen LogP contribution >= 0.6 is 0 Å². The molecule has 1 unspecified atom stereocenters. The number of ether oxygens (including phenoxy) is 1. The fourth-order valence-corrected chi connectivity index (χ4v) is 2.75. The summed E-state index contributed by atoms with van der Waals surface area (Å²) < 4.78 is 5.20. The lowest BCUT2D eigenvalue weighted by Crippen LogP contribution is -2.37. The average molecular weight is 368 g/mol. The first-order valence-electron chi connectivity index (χ1n) is 9.00. The molecule has 2 rings (SSSR count). The highest BCUT2D eigenvalue weighted by Gasteiger charge is 2.07. The van der Waals surface area contributed by atoms with Crippen molar-refractivity contribution in [1.29, 1.82) is 0 Å². The zero-order chi connectivity index (χ0) is 19.6. The molecule has 2 aromatic carbocycles. The molecule has 27 heavy (non-hydrogen) atoms. The molecule has 1 atom stereocenters. The van der Waals surface area contributed by atoms with Gasteiger partial charge < -0.3 is 21.1 Å². The summed E-state index contributed by atoms with van der Waals surface area (Å²) in [5, 5.41) is 6.57. The second kappa shape index (κ2) is 10.2. The van der Waals surface area contributed by atoms with Crippen LogP contribution in [0.2, 0.25) is 0 Å². The Morgan fingerprint density at radius 3 is 2.56 bits per heavy atom. The van der Waals surface area contributed by atoms with Gasteiger partial charge in [0.25, 0.3) is 0 Å². The van der Waals surface area contributed by atoms with Crippen LogP contribution in [-0.2, 0) is 6.54 Å². The van der Waals surface area contributed by atoms with Gasteiger partial charge in [0.05, 0.1) is 7.11 Å². The van der Waals surface area contributed by atoms with E-state index < -0.39 is 5.91 Å². The summed E-state index contributed by atoms with van der Waals surface area (Å²) in [6.45, 7) is 3.57. The van der Waals surface area contributed by atoms with Crippen molar-refractivity contribution in [2.45, 2.75) is 25.8 Å². The van der Waals surface area contributed by atoms with Crippen molar-refractivity contribution in [1.82, 2.24) is 10.6 Å². The number of hydrogen-bond donors (Lipinski definition) is 3. The molecule has 0 aliphatic rings. The van der Waals surface area contributed by atoms with Gasteiger partial charge in [-0.3, -0.25) is 9.79 Å². The molecule has 0 aromatic heterocycles. The first kappa shape index (κ1) is 20.3. The lowest BCUT2D eigenvalue weighted by Gasteiger charge is -2.15. The first-order chi connectivity index (χ1) is 13.0. The van der Waals surface area contributed by atoms with Crippen molar-refractivity contribution < 1.29 is 9.53 Å². The molecule has 0 fully saturated rings. The van der Waals surface area contributed by atoms with Crippen molar-refractivity contribution in [3.63, 3.8) is 0 Å². The molecule has 2 aromatic rings. The number of carbonyl (C=O) groups is 1. The molecule has 6 nitrogen and oxygen atoms in total. The van der Waals surface area contributed by atoms with Crippen LogP contribution in [0.4, 0.5) is 0 Å². The summed E-state index contributed by atoms with van der Waals surface area (Å²) in [5.41, 5.74) is 8.08. The Balaban J connectivity index is 1.79. The van der Waals surface area contributed by atoms with E-state index in [1.165, 1.54) is 5.56 Å². The molecule has 1 amide bonds. The van der Waals surface area contributed by atoms with Gasteiger partial charge in [-0.05, 0) is 47.7 Å². The number of hydrogen-bond acceptors (Lipinski definition) is 3. The smallest absolute Gasteiger partial charge is 0.248 e. The number of aliphatic imine (C=N–C) groups is 1. The predicted octanol–water partition coefficient (Wildman–Crippen LogP) is 2.65. The minimum absolute atomic E-state index is 0.424. The van der Waals surface area contributed by atoms with Crippen LogP contribution in [0, 0.1) is 0 Å². The second-order valence-corrected chi connectivity index (χ2v) is 6.38. The summed E-state index contributed by atoms with van der Waals surface area (Å²) >= 11 is 0. The molecule has 0 bridgehead atoms. The Bertz CT molecular complexity index is 772. The highest BCUT2D eigenvalue weighted by molar-refractivity contribution is 5.92. The Kier molecular flexibility index (Phi) is 7.67. The van der Waals surface area contributed by atoms with Gasteiger partial charge >= 0.3 is 0 Å². The fourth-order valence-electron chi connectivity index (χ4n) is 2.75. The van der Waals surface area contributed by atoms with E-state index in [4.69, 9.17) is 10.5 Å². The number of nitrogens with one attached hydrogen (secondary N) is 2. The third-order valence-corrected chi connectivity index (χ3v) is 4.45. The zero-order valence-corrected chi connectivity index (χ0v) is 16.2. The number of nitrogens with two attached hydrogens (primary N) is 1. The SMILES string of the molecule is CN=C(NCCC(C)c1ccc(OC)cc1)NCc1cccc(C(N)=O)c1. The Morgan fingerprint density at radius 1 is 1.19 bits per heavy atom. The van der Waals surface area contributed by atoms with Crippen molar-refractivity contribution in [3.05, 3.63) is 65.2 Å². The van der Waals surface area contributed by atoms with Crippen LogP contribution in [-0.4, -0.2) is 32.6 Å². The molecule has 144 valence electrons. The number of nitrogens with zero attached hydrogens (tertiary/aromatic N) is 1. The summed E-state index contributed by atoms with van der Waals surface area (Å²) in [4.78, 5) is 15.5. The predicted molar refractivity (Wildman–Crippen MR) is 109 cm³/mol. The normalized spacial score (nSPS) is 12.3. The van der Waals surface area contributed by atoms with Crippen LogP contribution in [0.15, 0.2) is 53.5 Å². The molecule has 4 N–H and O–H groups in total. The first-order valence-corrected chi connectivity index (χ1v) is 9.00. The van der Waals surface area contributed by atoms with E-state index in [0.717, 1.165) is 30.2 Å². The van der Waals surface area contributed by atoms with Crippen molar-refractivity contribution in [2.75, 3.05) is 20.7 Å². The monoisotopic (exact) mass is 368 g/mol. The van der Waals surface area contributed by atoms with Crippen LogP contribution < -0.4 is 21.1 Å². The van der Waals surface area contributed by atoms with Gasteiger partial charge in [-0.25, -0.2) is 0 Å². The largest absolute Gasteiger partial charge is 0.497 e. The molecule has 0 heterocycles. The van der Waals surface area contributed by atoms with Gasteiger partial charge in [0.2, 0.25) is 5.91 Å². The van der Waals surface area contributed by atoms with Gasteiger partial charge in [0, 0.05) is 25.7 Å². The quantitative estimate of drug-likeness (QED) is 0.494. The maximum atomic E-state index is 11.3. The molecular weight excluding hydrogens is 340 g/mol. The average Bonchev–Trinajstić information content (AvgIpc) is 2.70. The highest BCUT2D eigenvalue weighted by Crippen LogP contribution is 2.21. The molecule has 0 radical (unpaired) electrons. The summed E-state index contributed by atoms with van der Waals surface area (Å²) in [5.74, 6) is 1.59. The van der Waals surface area contributed by atoms with E-state index in [2.05, 4.69) is 34.7 Å². The maximum Gasteiger partial charge on any atom is 0.248 e. The highest BCUT2D eigenvalue weighted by atomic mass is 16.5. The lowest BCUT2D eigenvalue weighted by atomic mass is 9.98. The summed E-state index contributed by atoms with van der Waals surface area (Å²) in [7, 11) is 3.41. The molecule has 0 aliphatic heterocycles. The minimum atomic E-state index is -0.424. The fraction of sp³-hybridized carbons (Fsp3) is 0.333. The van der Waals surface area contributed by atoms with Gasteiger partial charge in [-0.15, -0.1) is 0 Å². The molecule has 0 saturated heterocycles. The molecule has 0 saturated carbocycles. The van der Waals surface area contributed by atoms with Crippen LogP contribution in [0.1, 0.15) is 40.7 Å². The molecule has 0 aliphatic carbocycles. The van der Waals surface area contributed by atoms with E-state index in [1.54, 1.807) is 26.3 Å². The van der Waals surface area contributed by atoms with Crippen molar-refractivity contribution in [3.8, 4) is 5.75 Å². The number of guanidine groups is 1. The third kappa shape index (κ3) is 6.33. The standard InChI is InChI=1S/C21H28N4O2/c1-15(17-7-9-19(27-3)10-8-17)11-12-24-21(23-2)25-14-16-5-4-6-18(13-16)20(22)26/h4-10,13,15H,11-12,14H2,1-3H3,(H2,22,26)(H2,23,24,25). The van der Waals surface area contributed by atoms with E-state index in [1.807, 2.05) is 24.3 Å². The third-order valence-electron chi connectivity index (χ3n) is 4.45. The van der Waals surface area contributed by atoms with Crippen LogP contribution in [0.5, 0.6) is 5.75 Å². The lowest BCUT2D eigenvalue weighted by molar-refractivity contribution is 0.1000. The van der Waals surface area contributed by atoms with E-state index >= 15 is 0 Å². The zero-order valence-electron chi connectivity index (χ0n) is 16.2. The van der Waals surface area contributed by atoms with E-state index in [0.29, 0.717) is 18.0 Å². The minimum Gasteiger partial charge on any atom is -0.497 e. The Morgan fingerprint density at radius 2 is 1.93 bits per heavy atom. The number of methoxy groups -OCH3 is 1. The van der Waals surface area contributed by atoms with E-state index in [-0.39, 0.29) is 0 Å². The van der Waals surface area contributed by atoms with Crippen LogP contribution in [0.3, 0.4) is 0 Å². The number of carbonyl (C=O) groups excluding carboxylic acids is 1. The topological polar surface area (TPSA) is 88.7 Å². The summed E-state index contributed by atoms with van der Waals surface area (Å²) in [6, 6.07) is 15.4. The summed E-state index contributed by atoms with van der Waals surface area (Å²) in [6.07, 6.45) is 0.976. The van der Waals surface area contributed by atoms with Crippen molar-refractivity contribution in [2.24, 2.45) is 10.7 Å². The van der Waals surface area contributed by atoms with Gasteiger partial charge in [-0.2, -0.15) is 0 Å². The Labute approximate surface area is 160 Å². The Hall–Kier alpha value is -3.02. The second-order valence-electron chi connectivity index (χ2n) is 6.38.